The first-order chi connectivity index (χ1) is 26.7. The number of aryl methyl sites for hydroxylation is 2. The highest BCUT2D eigenvalue weighted by molar-refractivity contribution is 9.10. The lowest BCUT2D eigenvalue weighted by molar-refractivity contribution is -0.686. The van der Waals surface area contributed by atoms with Crippen molar-refractivity contribution in [2.24, 2.45) is 0 Å². The maximum atomic E-state index is 14.1. The second-order valence-corrected chi connectivity index (χ2v) is 14.1. The molecule has 56 heavy (non-hydrogen) atoms. The Hall–Kier alpha value is -5.45. The van der Waals surface area contributed by atoms with Crippen LogP contribution >= 0.6 is 15.9 Å². The molecule has 0 atom stereocenters. The van der Waals surface area contributed by atoms with Gasteiger partial charge in [-0.15, -0.1) is 0 Å². The van der Waals surface area contributed by atoms with Crippen molar-refractivity contribution in [1.82, 2.24) is 29.5 Å². The van der Waals surface area contributed by atoms with Crippen LogP contribution in [0.15, 0.2) is 103 Å². The number of hydrogen-bond donors (Lipinski definition) is 1. The Balaban J connectivity index is 0.000000183. The summed E-state index contributed by atoms with van der Waals surface area (Å²) >= 11 is 3.63. The van der Waals surface area contributed by atoms with Gasteiger partial charge in [-0.05, 0) is 53.6 Å². The lowest BCUT2D eigenvalue weighted by Gasteiger charge is -2.28. The van der Waals surface area contributed by atoms with Gasteiger partial charge >= 0.3 is 0 Å². The van der Waals surface area contributed by atoms with Crippen molar-refractivity contribution in [3.05, 3.63) is 137 Å². The van der Waals surface area contributed by atoms with Crippen molar-refractivity contribution in [2.75, 3.05) is 21.0 Å². The molecule has 4 aromatic carbocycles. The highest BCUT2D eigenvalue weighted by atomic mass is 79.9. The van der Waals surface area contributed by atoms with Crippen molar-refractivity contribution in [3.63, 3.8) is 0 Å². The number of halogens is 4. The zero-order valence-corrected chi connectivity index (χ0v) is 33.4. The molecule has 16 heteroatoms. The number of ether oxygens (including phenoxy) is 4. The Morgan fingerprint density at radius 2 is 1.62 bits per heavy atom. The van der Waals surface area contributed by atoms with Crippen molar-refractivity contribution < 1.29 is 54.4 Å². The zero-order chi connectivity index (χ0) is 38.1. The molecule has 12 nitrogen and oxygen atoms in total. The molecule has 0 amide bonds. The summed E-state index contributed by atoms with van der Waals surface area (Å²) in [5.41, 5.74) is 4.45. The van der Waals surface area contributed by atoms with Gasteiger partial charge in [0.05, 0.1) is 38.3 Å². The number of aromatic nitrogens is 7. The summed E-state index contributed by atoms with van der Waals surface area (Å²) in [6, 6.07) is 19.9. The predicted octanol–water partition coefficient (Wildman–Crippen LogP) is 3.19. The van der Waals surface area contributed by atoms with E-state index in [4.69, 9.17) is 18.9 Å². The molecule has 288 valence electrons. The average molecular weight is 892 g/mol. The number of nitrogens with zero attached hydrogens (tertiary/aromatic N) is 7. The van der Waals surface area contributed by atoms with E-state index in [-0.39, 0.29) is 42.4 Å². The van der Waals surface area contributed by atoms with Gasteiger partial charge in [0.25, 0.3) is 0 Å². The van der Waals surface area contributed by atoms with Crippen molar-refractivity contribution in [3.8, 4) is 34.3 Å². The van der Waals surface area contributed by atoms with Gasteiger partial charge in [0.1, 0.15) is 42.5 Å². The van der Waals surface area contributed by atoms with Gasteiger partial charge in [-0.1, -0.05) is 34.1 Å². The molecule has 0 saturated carbocycles. The topological polar surface area (TPSA) is 122 Å². The van der Waals surface area contributed by atoms with Crippen LogP contribution in [0.2, 0.25) is 0 Å². The van der Waals surface area contributed by atoms with E-state index in [0.717, 1.165) is 69.8 Å². The lowest BCUT2D eigenvalue weighted by atomic mass is 9.88. The van der Waals surface area contributed by atoms with E-state index >= 15 is 0 Å². The number of fused-ring (bicyclic) bond motifs is 5. The van der Waals surface area contributed by atoms with Crippen LogP contribution in [-0.2, 0) is 38.1 Å². The number of hydrogen-bond acceptors (Lipinski definition) is 9. The number of pyridine rings is 1. The average Bonchev–Trinajstić information content (AvgIpc) is 3.98. The molecular weight excluding hydrogens is 856 g/mol. The molecule has 0 fully saturated rings. The molecule has 0 bridgehead atoms. The highest BCUT2D eigenvalue weighted by Crippen LogP contribution is 2.44. The molecule has 0 unspecified atom stereocenters. The molecule has 0 radical (unpaired) electrons. The largest absolute Gasteiger partial charge is 1.00 e. The molecule has 5 heterocycles. The fourth-order valence-electron chi connectivity index (χ4n) is 7.29. The van der Waals surface area contributed by atoms with E-state index < -0.39 is 17.2 Å². The monoisotopic (exact) mass is 889 g/mol. The molecule has 1 N–H and O–H groups in total. The lowest BCUT2D eigenvalue weighted by Crippen LogP contribution is -3.00. The molecule has 3 aromatic heterocycles. The minimum atomic E-state index is -1.70. The molecule has 2 aliphatic rings. The quantitative estimate of drug-likeness (QED) is 0.218. The van der Waals surface area contributed by atoms with Gasteiger partial charge in [0.2, 0.25) is 12.5 Å². The first-order valence-electron chi connectivity index (χ1n) is 17.3. The minimum Gasteiger partial charge on any atom is -1.00 e. The minimum absolute atomic E-state index is 0. The summed E-state index contributed by atoms with van der Waals surface area (Å²) in [7, 11) is 3.38. The zero-order valence-electron chi connectivity index (χ0n) is 30.2. The Morgan fingerprint density at radius 1 is 0.893 bits per heavy atom. The third-order valence-electron chi connectivity index (χ3n) is 9.73. The SMILES string of the molecule is COc1ccc2c(Cc3cccc(Br)c3)c3[n+](cc2c1OC)CCc1cc2c(cc1-3)OCO2.OC(Cn1cncn1)(Cn1cncn1)c1ccc(F)cc1F.[Br-]. The Morgan fingerprint density at radius 3 is 2.27 bits per heavy atom. The second-order valence-electron chi connectivity index (χ2n) is 13.2. The fraction of sp³-hybridized carbons (Fsp3) is 0.225. The summed E-state index contributed by atoms with van der Waals surface area (Å²) in [6.45, 7) is 1.01. The third kappa shape index (κ3) is 7.68. The molecule has 0 aliphatic carbocycles. The predicted molar refractivity (Wildman–Crippen MR) is 200 cm³/mol. The normalized spacial score (nSPS) is 12.6. The Bertz CT molecular complexity index is 2470. The first-order valence-corrected chi connectivity index (χ1v) is 18.1. The number of rotatable bonds is 9. The number of benzene rings is 4. The summed E-state index contributed by atoms with van der Waals surface area (Å²) in [4.78, 5) is 7.57. The first kappa shape index (κ1) is 38.8. The van der Waals surface area contributed by atoms with Gasteiger partial charge < -0.3 is 41.0 Å². The van der Waals surface area contributed by atoms with E-state index in [2.05, 4.69) is 89.3 Å². The Kier molecular flexibility index (Phi) is 11.3. The van der Waals surface area contributed by atoms with Crippen LogP contribution in [0.1, 0.15) is 22.3 Å². The molecule has 7 aromatic rings. The van der Waals surface area contributed by atoms with Gasteiger partial charge in [-0.2, -0.15) is 14.8 Å². The highest BCUT2D eigenvalue weighted by Gasteiger charge is 2.35. The summed E-state index contributed by atoms with van der Waals surface area (Å²) in [5.74, 6) is 1.58. The maximum Gasteiger partial charge on any atom is 0.231 e. The molecular formula is C40H35Br2F2N7O5. The third-order valence-corrected chi connectivity index (χ3v) is 10.2. The smallest absolute Gasteiger partial charge is 0.231 e. The molecule has 0 spiro atoms. The van der Waals surface area contributed by atoms with Crippen LogP contribution in [0.4, 0.5) is 8.78 Å². The maximum absolute atomic E-state index is 14.1. The van der Waals surface area contributed by atoms with Crippen LogP contribution in [-0.4, -0.2) is 55.6 Å². The Labute approximate surface area is 339 Å². The summed E-state index contributed by atoms with van der Waals surface area (Å²) < 4.78 is 56.2. The van der Waals surface area contributed by atoms with E-state index in [1.807, 2.05) is 6.07 Å². The summed E-state index contributed by atoms with van der Waals surface area (Å²) in [5, 5.41) is 21.0. The molecule has 9 rings (SSSR count). The van der Waals surface area contributed by atoms with Crippen molar-refractivity contribution in [1.29, 1.82) is 0 Å². The standard InChI is InChI=1S/C27H23BrNO4.C13H12F2N6O.BrH/c1-30-23-7-6-19-21(11-16-4-3-5-18(28)10-16)26-20-13-25-24(32-15-33-25)12-17(20)8-9-29(26)14-22(19)27(23)31-2;14-10-1-2-11(12(15)3-10)13(22,4-20-8-16-6-18-20)5-21-9-17-7-19-21;/h3-7,10,12-14H,8-9,11,15H2,1-2H3;1-3,6-9,22H,4-5H2;1H/q+1;;/p-1. The fourth-order valence-corrected chi connectivity index (χ4v) is 7.74. The van der Waals surface area contributed by atoms with E-state index in [9.17, 15) is 13.9 Å². The van der Waals surface area contributed by atoms with Crippen molar-refractivity contribution >= 4 is 26.7 Å². The number of aliphatic hydroxyl groups is 1. The van der Waals surface area contributed by atoms with Gasteiger partial charge in [0.15, 0.2) is 35.7 Å². The second kappa shape index (κ2) is 16.3. The van der Waals surface area contributed by atoms with Crippen LogP contribution < -0.4 is 40.5 Å². The number of methoxy groups -OCH3 is 2. The van der Waals surface area contributed by atoms with Gasteiger partial charge in [-0.25, -0.2) is 28.1 Å². The van der Waals surface area contributed by atoms with Crippen LogP contribution in [0, 0.1) is 11.6 Å². The van der Waals surface area contributed by atoms with E-state index in [1.165, 1.54) is 68.7 Å². The van der Waals surface area contributed by atoms with E-state index in [0.29, 0.717) is 0 Å². The van der Waals surface area contributed by atoms with Crippen molar-refractivity contribution in [2.45, 2.75) is 38.1 Å². The molecule has 0 saturated heterocycles. The van der Waals surface area contributed by atoms with Crippen LogP contribution in [0.25, 0.3) is 22.0 Å². The van der Waals surface area contributed by atoms with Crippen LogP contribution in [0.5, 0.6) is 23.0 Å². The van der Waals surface area contributed by atoms with Crippen LogP contribution in [0.3, 0.4) is 0 Å². The van der Waals surface area contributed by atoms with E-state index in [1.54, 1.807) is 14.2 Å². The summed E-state index contributed by atoms with van der Waals surface area (Å²) in [6.07, 6.45) is 9.31. The van der Waals surface area contributed by atoms with Gasteiger partial charge in [0, 0.05) is 39.9 Å². The van der Waals surface area contributed by atoms with Gasteiger partial charge in [-0.3, -0.25) is 0 Å². The molecule has 2 aliphatic heterocycles.